The molecule has 3 aromatic heterocycles. The predicted octanol–water partition coefficient (Wildman–Crippen LogP) is 5.52. The number of hydrogen-bond donors (Lipinski definition) is 2. The van der Waals surface area contributed by atoms with Crippen LogP contribution < -0.4 is 16.6 Å². The first-order chi connectivity index (χ1) is 19.8. The van der Waals surface area contributed by atoms with Gasteiger partial charge in [-0.2, -0.15) is 0 Å². The number of halogens is 1. The first-order valence-electron chi connectivity index (χ1n) is 12.6. The molecule has 3 N–H and O–H groups in total. The van der Waals surface area contributed by atoms with Crippen molar-refractivity contribution in [2.75, 3.05) is 11.1 Å². The van der Waals surface area contributed by atoms with Crippen LogP contribution in [0.25, 0.3) is 22.2 Å². The van der Waals surface area contributed by atoms with Crippen LogP contribution >= 0.6 is 11.6 Å². The number of hydrogen-bond acceptors (Lipinski definition) is 7. The van der Waals surface area contributed by atoms with Crippen LogP contribution in [0.3, 0.4) is 0 Å². The number of nitrogens with one attached hydrogen (secondary N) is 1. The second-order valence-electron chi connectivity index (χ2n) is 9.31. The van der Waals surface area contributed by atoms with Gasteiger partial charge in [-0.25, -0.2) is 22.4 Å². The molecule has 0 aliphatic heterocycles. The van der Waals surface area contributed by atoms with Gasteiger partial charge >= 0.3 is 0 Å². The number of rotatable bonds is 7. The molecule has 0 aliphatic carbocycles. The van der Waals surface area contributed by atoms with E-state index in [0.29, 0.717) is 40.1 Å². The van der Waals surface area contributed by atoms with Gasteiger partial charge in [-0.3, -0.25) is 4.79 Å². The van der Waals surface area contributed by atoms with Gasteiger partial charge in [0.15, 0.2) is 0 Å². The zero-order chi connectivity index (χ0) is 28.6. The number of nitrogens with zero attached hydrogens (tertiary/aromatic N) is 4. The van der Waals surface area contributed by atoms with Gasteiger partial charge < -0.3 is 15.6 Å². The van der Waals surface area contributed by atoms with Gasteiger partial charge in [-0.1, -0.05) is 60.1 Å². The van der Waals surface area contributed by atoms with E-state index in [9.17, 15) is 13.2 Å². The summed E-state index contributed by atoms with van der Waals surface area (Å²) in [5.41, 5.74) is 9.14. The number of anilines is 3. The van der Waals surface area contributed by atoms with Crippen molar-refractivity contribution in [1.82, 2.24) is 18.5 Å². The van der Waals surface area contributed by atoms with Crippen molar-refractivity contribution >= 4 is 49.9 Å². The van der Waals surface area contributed by atoms with E-state index in [-0.39, 0.29) is 21.4 Å². The van der Waals surface area contributed by atoms with Gasteiger partial charge in [0.05, 0.1) is 39.6 Å². The molecule has 9 nitrogen and oxygen atoms in total. The van der Waals surface area contributed by atoms with E-state index in [4.69, 9.17) is 17.3 Å². The quantitative estimate of drug-likeness (QED) is 0.237. The third-order valence-electron chi connectivity index (χ3n) is 6.55. The number of nitrogens with two attached hydrogens (primary N) is 1. The van der Waals surface area contributed by atoms with Crippen LogP contribution in [0.2, 0.25) is 5.02 Å². The molecule has 6 rings (SSSR count). The van der Waals surface area contributed by atoms with E-state index < -0.39 is 10.0 Å². The monoisotopic (exact) mass is 582 g/mol. The highest BCUT2D eigenvalue weighted by atomic mass is 35.5. The Morgan fingerprint density at radius 3 is 2.39 bits per heavy atom. The predicted molar refractivity (Wildman–Crippen MR) is 161 cm³/mol. The number of para-hydroxylation sites is 1. The summed E-state index contributed by atoms with van der Waals surface area (Å²) in [5, 5.41) is 4.05. The van der Waals surface area contributed by atoms with Crippen molar-refractivity contribution < 1.29 is 8.42 Å². The Kier molecular flexibility index (Phi) is 6.78. The van der Waals surface area contributed by atoms with Crippen molar-refractivity contribution in [3.8, 4) is 11.3 Å². The van der Waals surface area contributed by atoms with Crippen LogP contribution in [0.15, 0.2) is 119 Å². The molecule has 0 bridgehead atoms. The number of pyridine rings is 1. The third-order valence-corrected chi connectivity index (χ3v) is 8.51. The van der Waals surface area contributed by atoms with E-state index in [1.165, 1.54) is 22.4 Å². The molecule has 0 atom stereocenters. The molecule has 3 aromatic carbocycles. The summed E-state index contributed by atoms with van der Waals surface area (Å²) in [7, 11) is -3.89. The van der Waals surface area contributed by atoms with Gasteiger partial charge in [0, 0.05) is 35.1 Å². The number of benzene rings is 3. The lowest BCUT2D eigenvalue weighted by molar-refractivity contribution is 0.589. The van der Waals surface area contributed by atoms with Crippen LogP contribution in [0.5, 0.6) is 0 Å². The molecule has 0 radical (unpaired) electrons. The molecule has 6 aromatic rings. The zero-order valence-electron chi connectivity index (χ0n) is 21.5. The maximum atomic E-state index is 13.5. The van der Waals surface area contributed by atoms with Gasteiger partial charge in [-0.15, -0.1) is 0 Å². The third kappa shape index (κ3) is 5.18. The lowest BCUT2D eigenvalue weighted by atomic mass is 10.1. The van der Waals surface area contributed by atoms with Crippen LogP contribution in [0, 0.1) is 0 Å². The second kappa shape index (κ2) is 10.6. The second-order valence-corrected chi connectivity index (χ2v) is 11.5. The molecular weight excluding hydrogens is 560 g/mol. The average molecular weight is 583 g/mol. The van der Waals surface area contributed by atoms with Crippen molar-refractivity contribution in [2.24, 2.45) is 0 Å². The van der Waals surface area contributed by atoms with Crippen LogP contribution in [0.4, 0.5) is 17.3 Å². The zero-order valence-corrected chi connectivity index (χ0v) is 23.0. The molecule has 0 saturated carbocycles. The van der Waals surface area contributed by atoms with Crippen LogP contribution in [0.1, 0.15) is 5.56 Å². The first-order valence-corrected chi connectivity index (χ1v) is 14.4. The lowest BCUT2D eigenvalue weighted by Gasteiger charge is -2.11. The van der Waals surface area contributed by atoms with Crippen LogP contribution in [-0.2, 0) is 16.6 Å². The number of aromatic nitrogens is 4. The standard InChI is InChI=1S/C30H23ClN6O3S/c31-26-16-33-30(34-22-14-15-28(38)36(18-22)17-20-10-12-21(32)13-11-20)35-29(26)25-19-37(27-9-5-4-8-24(25)27)41(39,40)23-6-2-1-3-7-23/h1-16,18-19H,17,32H2,(H,33,34,35). The van der Waals surface area contributed by atoms with E-state index in [1.54, 1.807) is 71.4 Å². The fraction of sp³-hybridized carbons (Fsp3) is 0.0333. The Labute approximate surface area is 240 Å². The average Bonchev–Trinajstić information content (AvgIpc) is 3.38. The molecule has 204 valence electrons. The molecule has 0 saturated heterocycles. The van der Waals surface area contributed by atoms with Crippen molar-refractivity contribution in [3.05, 3.63) is 131 Å². The number of fused-ring (bicyclic) bond motifs is 1. The smallest absolute Gasteiger partial charge is 0.268 e. The molecule has 11 heteroatoms. The molecule has 0 fully saturated rings. The summed E-state index contributed by atoms with van der Waals surface area (Å²) in [4.78, 5) is 21.6. The Bertz CT molecular complexity index is 2060. The Morgan fingerprint density at radius 2 is 1.61 bits per heavy atom. The van der Waals surface area contributed by atoms with E-state index in [0.717, 1.165) is 5.56 Å². The van der Waals surface area contributed by atoms with Gasteiger partial charge in [0.25, 0.3) is 15.6 Å². The topological polar surface area (TPSA) is 125 Å². The Balaban J connectivity index is 1.37. The Morgan fingerprint density at radius 1 is 0.878 bits per heavy atom. The highest BCUT2D eigenvalue weighted by Gasteiger charge is 2.23. The molecular formula is C30H23ClN6O3S. The van der Waals surface area contributed by atoms with E-state index in [1.807, 2.05) is 24.3 Å². The lowest BCUT2D eigenvalue weighted by Crippen LogP contribution is -2.19. The van der Waals surface area contributed by atoms with Gasteiger partial charge in [0.2, 0.25) is 5.95 Å². The van der Waals surface area contributed by atoms with Crippen molar-refractivity contribution in [2.45, 2.75) is 11.4 Å². The van der Waals surface area contributed by atoms with Crippen LogP contribution in [-0.4, -0.2) is 26.9 Å². The Hall–Kier alpha value is -4.93. The minimum Gasteiger partial charge on any atom is -0.399 e. The molecule has 0 aliphatic rings. The van der Waals surface area contributed by atoms with Gasteiger partial charge in [0.1, 0.15) is 0 Å². The summed E-state index contributed by atoms with van der Waals surface area (Å²) >= 11 is 6.56. The molecule has 0 unspecified atom stereocenters. The molecule has 41 heavy (non-hydrogen) atoms. The SMILES string of the molecule is Nc1ccc(Cn2cc(Nc3ncc(Cl)c(-c4cn(S(=O)(=O)c5ccccc5)c5ccccc45)n3)ccc2=O)cc1. The fourth-order valence-electron chi connectivity index (χ4n) is 4.54. The summed E-state index contributed by atoms with van der Waals surface area (Å²) in [6, 6.07) is 25.8. The summed E-state index contributed by atoms with van der Waals surface area (Å²) in [5.74, 6) is 0.227. The van der Waals surface area contributed by atoms with E-state index >= 15 is 0 Å². The highest BCUT2D eigenvalue weighted by molar-refractivity contribution is 7.90. The summed E-state index contributed by atoms with van der Waals surface area (Å²) in [6.45, 7) is 0.358. The van der Waals surface area contributed by atoms with Crippen molar-refractivity contribution in [1.29, 1.82) is 0 Å². The molecule has 3 heterocycles. The maximum Gasteiger partial charge on any atom is 0.268 e. The highest BCUT2D eigenvalue weighted by Crippen LogP contribution is 2.36. The number of nitrogen functional groups attached to an aromatic ring is 1. The minimum atomic E-state index is -3.89. The normalized spacial score (nSPS) is 11.5. The van der Waals surface area contributed by atoms with Crippen molar-refractivity contribution in [3.63, 3.8) is 0 Å². The summed E-state index contributed by atoms with van der Waals surface area (Å²) < 4.78 is 29.9. The maximum absolute atomic E-state index is 13.5. The van der Waals surface area contributed by atoms with E-state index in [2.05, 4.69) is 15.3 Å². The molecule has 0 amide bonds. The largest absolute Gasteiger partial charge is 0.399 e. The van der Waals surface area contributed by atoms with Gasteiger partial charge in [-0.05, 0) is 42.0 Å². The first kappa shape index (κ1) is 26.3. The molecule has 0 spiro atoms. The fourth-order valence-corrected chi connectivity index (χ4v) is 6.12. The minimum absolute atomic E-state index is 0.164. The summed E-state index contributed by atoms with van der Waals surface area (Å²) in [6.07, 6.45) is 4.65.